The number of halogens is 1. The molecule has 0 saturated heterocycles. The van der Waals surface area contributed by atoms with Crippen LogP contribution in [0.25, 0.3) is 10.9 Å². The number of aldehydes is 1. The van der Waals surface area contributed by atoms with Crippen LogP contribution in [0.3, 0.4) is 0 Å². The Morgan fingerprint density at radius 2 is 2.00 bits per heavy atom. The molecular weight excluding hydrogens is 246 g/mol. The maximum Gasteiger partial charge on any atom is 0.152 e. The van der Waals surface area contributed by atoms with Crippen LogP contribution in [0.4, 0.5) is 0 Å². The van der Waals surface area contributed by atoms with Crippen LogP contribution in [-0.4, -0.2) is 11.3 Å². The summed E-state index contributed by atoms with van der Waals surface area (Å²) in [6.45, 7) is 0. The Labute approximate surface area is 111 Å². The molecule has 0 aliphatic heterocycles. The van der Waals surface area contributed by atoms with Gasteiger partial charge >= 0.3 is 0 Å². The molecule has 0 atom stereocenters. The number of hydrogen-bond acceptors (Lipinski definition) is 1. The Hall–Kier alpha value is -1.28. The molecule has 3 heteroatoms. The molecule has 1 aliphatic carbocycles. The maximum atomic E-state index is 11.4. The third kappa shape index (κ3) is 1.95. The molecule has 1 N–H and O–H groups in total. The molecule has 1 fully saturated rings. The Balaban J connectivity index is 2.13. The molecule has 0 bridgehead atoms. The molecule has 2 aromatic rings. The van der Waals surface area contributed by atoms with Crippen molar-refractivity contribution in [1.82, 2.24) is 4.98 Å². The van der Waals surface area contributed by atoms with Gasteiger partial charge in [0, 0.05) is 27.2 Å². The van der Waals surface area contributed by atoms with Crippen molar-refractivity contribution in [2.45, 2.75) is 38.0 Å². The van der Waals surface area contributed by atoms with E-state index in [0.29, 0.717) is 10.9 Å². The first-order chi connectivity index (χ1) is 8.79. The predicted molar refractivity (Wildman–Crippen MR) is 74.5 cm³/mol. The summed E-state index contributed by atoms with van der Waals surface area (Å²) in [5.74, 6) is 0.505. The van der Waals surface area contributed by atoms with E-state index >= 15 is 0 Å². The Kier molecular flexibility index (Phi) is 3.13. The highest BCUT2D eigenvalue weighted by Crippen LogP contribution is 2.36. The molecule has 94 valence electrons. The summed E-state index contributed by atoms with van der Waals surface area (Å²) < 4.78 is 0. The van der Waals surface area contributed by atoms with Gasteiger partial charge in [-0.25, -0.2) is 0 Å². The number of fused-ring (bicyclic) bond motifs is 1. The number of aromatic amines is 1. The highest BCUT2D eigenvalue weighted by atomic mass is 35.5. The van der Waals surface area contributed by atoms with Gasteiger partial charge in [-0.3, -0.25) is 4.79 Å². The third-order valence-corrected chi connectivity index (χ3v) is 4.20. The van der Waals surface area contributed by atoms with Gasteiger partial charge in [0.2, 0.25) is 0 Å². The summed E-state index contributed by atoms with van der Waals surface area (Å²) in [5.41, 5.74) is 2.93. The third-order valence-electron chi connectivity index (χ3n) is 3.96. The number of benzene rings is 1. The molecule has 3 rings (SSSR count). The highest BCUT2D eigenvalue weighted by Gasteiger charge is 2.21. The lowest BCUT2D eigenvalue weighted by atomic mass is 9.85. The summed E-state index contributed by atoms with van der Waals surface area (Å²) in [7, 11) is 0. The fraction of sp³-hybridized carbons (Fsp3) is 0.400. The van der Waals surface area contributed by atoms with Crippen molar-refractivity contribution < 1.29 is 4.79 Å². The molecule has 1 saturated carbocycles. The minimum atomic E-state index is 0.505. The van der Waals surface area contributed by atoms with Crippen LogP contribution in [-0.2, 0) is 0 Å². The molecule has 1 aromatic carbocycles. The molecular formula is C15H16ClNO. The van der Waals surface area contributed by atoms with Gasteiger partial charge in [-0.1, -0.05) is 30.9 Å². The number of carbonyl (C=O) groups excluding carboxylic acids is 1. The van der Waals surface area contributed by atoms with Gasteiger partial charge in [0.25, 0.3) is 0 Å². The summed E-state index contributed by atoms with van der Waals surface area (Å²) in [6.07, 6.45) is 7.18. The van der Waals surface area contributed by atoms with Crippen molar-refractivity contribution in [3.63, 3.8) is 0 Å². The second-order valence-corrected chi connectivity index (χ2v) is 5.53. The number of H-pyrrole nitrogens is 1. The molecule has 0 spiro atoms. The van der Waals surface area contributed by atoms with Crippen molar-refractivity contribution in [2.24, 2.45) is 0 Å². The van der Waals surface area contributed by atoms with Crippen LogP contribution in [0.2, 0.25) is 5.02 Å². The van der Waals surface area contributed by atoms with Gasteiger partial charge in [-0.15, -0.1) is 0 Å². The lowest BCUT2D eigenvalue weighted by molar-refractivity contribution is 0.112. The lowest BCUT2D eigenvalue weighted by Crippen LogP contribution is -2.06. The number of nitrogens with one attached hydrogen (secondary N) is 1. The molecule has 0 radical (unpaired) electrons. The average molecular weight is 262 g/mol. The molecule has 2 nitrogen and oxygen atoms in total. The zero-order chi connectivity index (χ0) is 12.5. The first-order valence-electron chi connectivity index (χ1n) is 6.56. The minimum Gasteiger partial charge on any atom is -0.358 e. The molecule has 1 aromatic heterocycles. The van der Waals surface area contributed by atoms with Crippen molar-refractivity contribution in [3.8, 4) is 0 Å². The first kappa shape index (κ1) is 11.8. The number of hydrogen-bond donors (Lipinski definition) is 1. The van der Waals surface area contributed by atoms with Crippen LogP contribution in [0.15, 0.2) is 18.2 Å². The Morgan fingerprint density at radius 3 is 2.72 bits per heavy atom. The van der Waals surface area contributed by atoms with Crippen molar-refractivity contribution in [3.05, 3.63) is 34.5 Å². The van der Waals surface area contributed by atoms with Crippen LogP contribution in [0, 0.1) is 0 Å². The first-order valence-corrected chi connectivity index (χ1v) is 6.93. The van der Waals surface area contributed by atoms with Gasteiger partial charge in [0.1, 0.15) is 0 Å². The molecule has 18 heavy (non-hydrogen) atoms. The van der Waals surface area contributed by atoms with Crippen LogP contribution in [0.5, 0.6) is 0 Å². The van der Waals surface area contributed by atoms with E-state index in [9.17, 15) is 4.79 Å². The number of aromatic nitrogens is 1. The molecule has 1 heterocycles. The SMILES string of the molecule is O=Cc1c(C2CCCCC2)[nH]c2ccc(Cl)cc12. The monoisotopic (exact) mass is 261 g/mol. The lowest BCUT2D eigenvalue weighted by Gasteiger charge is -2.21. The van der Waals surface area contributed by atoms with E-state index < -0.39 is 0 Å². The molecule has 0 amide bonds. The second-order valence-electron chi connectivity index (χ2n) is 5.10. The summed E-state index contributed by atoms with van der Waals surface area (Å²) in [6, 6.07) is 5.69. The van der Waals surface area contributed by atoms with E-state index in [1.165, 1.54) is 32.1 Å². The Bertz CT molecular complexity index is 581. The van der Waals surface area contributed by atoms with Gasteiger partial charge in [-0.05, 0) is 37.0 Å². The zero-order valence-electron chi connectivity index (χ0n) is 10.2. The Morgan fingerprint density at radius 1 is 1.22 bits per heavy atom. The van der Waals surface area contributed by atoms with Crippen LogP contribution >= 0.6 is 11.6 Å². The smallest absolute Gasteiger partial charge is 0.152 e. The van der Waals surface area contributed by atoms with Gasteiger partial charge in [0.05, 0.1) is 0 Å². The van der Waals surface area contributed by atoms with E-state index in [0.717, 1.165) is 28.4 Å². The van der Waals surface area contributed by atoms with Crippen molar-refractivity contribution in [1.29, 1.82) is 0 Å². The molecule has 1 aliphatic rings. The van der Waals surface area contributed by atoms with E-state index in [1.54, 1.807) is 0 Å². The number of rotatable bonds is 2. The van der Waals surface area contributed by atoms with Crippen molar-refractivity contribution in [2.75, 3.05) is 0 Å². The fourth-order valence-electron chi connectivity index (χ4n) is 3.05. The average Bonchev–Trinajstić information content (AvgIpc) is 2.77. The van der Waals surface area contributed by atoms with E-state index in [4.69, 9.17) is 11.6 Å². The summed E-state index contributed by atoms with van der Waals surface area (Å²) in [5, 5.41) is 1.64. The zero-order valence-corrected chi connectivity index (χ0v) is 11.0. The normalized spacial score (nSPS) is 17.2. The second kappa shape index (κ2) is 4.77. The predicted octanol–water partition coefficient (Wildman–Crippen LogP) is 4.68. The molecule has 0 unspecified atom stereocenters. The van der Waals surface area contributed by atoms with Gasteiger partial charge in [0.15, 0.2) is 6.29 Å². The standard InChI is InChI=1S/C15H16ClNO/c16-11-6-7-14-12(8-11)13(9-18)15(17-14)10-4-2-1-3-5-10/h6-10,17H,1-5H2. The summed E-state index contributed by atoms with van der Waals surface area (Å²) in [4.78, 5) is 14.8. The van der Waals surface area contributed by atoms with Gasteiger partial charge in [-0.2, -0.15) is 0 Å². The van der Waals surface area contributed by atoms with Crippen LogP contribution in [0.1, 0.15) is 54.1 Å². The van der Waals surface area contributed by atoms with E-state index in [1.807, 2.05) is 18.2 Å². The largest absolute Gasteiger partial charge is 0.358 e. The number of carbonyl (C=O) groups is 1. The van der Waals surface area contributed by atoms with E-state index in [2.05, 4.69) is 4.98 Å². The minimum absolute atomic E-state index is 0.505. The van der Waals surface area contributed by atoms with Crippen LogP contribution < -0.4 is 0 Å². The van der Waals surface area contributed by atoms with E-state index in [-0.39, 0.29) is 0 Å². The fourth-order valence-corrected chi connectivity index (χ4v) is 3.22. The van der Waals surface area contributed by atoms with Gasteiger partial charge < -0.3 is 4.98 Å². The summed E-state index contributed by atoms with van der Waals surface area (Å²) >= 11 is 6.01. The van der Waals surface area contributed by atoms with Crippen molar-refractivity contribution >= 4 is 28.8 Å². The quantitative estimate of drug-likeness (QED) is 0.782. The maximum absolute atomic E-state index is 11.4. The topological polar surface area (TPSA) is 32.9 Å². The highest BCUT2D eigenvalue weighted by molar-refractivity contribution is 6.31.